The third-order valence-corrected chi connectivity index (χ3v) is 4.89. The lowest BCUT2D eigenvalue weighted by molar-refractivity contribution is 0.0580. The zero-order valence-corrected chi connectivity index (χ0v) is 14.5. The number of halogens is 3. The average Bonchev–Trinajstić information content (AvgIpc) is 2.31. The number of hydrogen-bond donors (Lipinski definition) is 0. The van der Waals surface area contributed by atoms with Crippen LogP contribution < -0.4 is 0 Å². The molecule has 0 aliphatic heterocycles. The second kappa shape index (κ2) is 7.09. The summed E-state index contributed by atoms with van der Waals surface area (Å²) in [5, 5.41) is 0. The van der Waals surface area contributed by atoms with Crippen molar-refractivity contribution in [2.75, 3.05) is 12.4 Å². The summed E-state index contributed by atoms with van der Waals surface area (Å²) >= 11 is 12.6. The van der Waals surface area contributed by atoms with E-state index in [1.165, 1.54) is 6.42 Å². The highest BCUT2D eigenvalue weighted by molar-refractivity contribution is 9.11. The molecule has 1 aliphatic carbocycles. The van der Waals surface area contributed by atoms with Gasteiger partial charge in [-0.1, -0.05) is 15.9 Å². The molecule has 19 heavy (non-hydrogen) atoms. The zero-order chi connectivity index (χ0) is 13.8. The van der Waals surface area contributed by atoms with Crippen molar-refractivity contribution in [2.45, 2.75) is 31.7 Å². The lowest BCUT2D eigenvalue weighted by Crippen LogP contribution is -2.45. The Balaban J connectivity index is 2.17. The Morgan fingerprint density at radius 1 is 1.37 bits per heavy atom. The molecule has 5 heteroatoms. The van der Waals surface area contributed by atoms with Crippen molar-refractivity contribution in [1.29, 1.82) is 0 Å². The highest BCUT2D eigenvalue weighted by Gasteiger charge is 2.29. The van der Waals surface area contributed by atoms with E-state index in [0.717, 1.165) is 40.3 Å². The number of benzene rings is 1. The van der Waals surface area contributed by atoms with E-state index in [9.17, 15) is 4.79 Å². The smallest absolute Gasteiger partial charge is 0.255 e. The van der Waals surface area contributed by atoms with Crippen molar-refractivity contribution in [1.82, 2.24) is 4.90 Å². The standard InChI is InChI=1S/C14H16Br2ClNO/c15-10-5-6-12(13(16)9-10)14(19)18(8-2-7-17)11-3-1-4-11/h5-6,9,11H,1-4,7-8H2. The first-order valence-corrected chi connectivity index (χ1v) is 8.57. The molecule has 0 atom stereocenters. The molecule has 0 spiro atoms. The fourth-order valence-electron chi connectivity index (χ4n) is 2.20. The summed E-state index contributed by atoms with van der Waals surface area (Å²) in [6, 6.07) is 6.07. The molecule has 104 valence electrons. The highest BCUT2D eigenvalue weighted by Crippen LogP contribution is 2.29. The van der Waals surface area contributed by atoms with Crippen LogP contribution in [0.15, 0.2) is 27.1 Å². The summed E-state index contributed by atoms with van der Waals surface area (Å²) in [4.78, 5) is 14.6. The van der Waals surface area contributed by atoms with Gasteiger partial charge >= 0.3 is 0 Å². The van der Waals surface area contributed by atoms with Crippen LogP contribution in [0.25, 0.3) is 0 Å². The van der Waals surface area contributed by atoms with E-state index in [0.29, 0.717) is 11.9 Å². The molecule has 2 nitrogen and oxygen atoms in total. The maximum Gasteiger partial charge on any atom is 0.255 e. The molecule has 2 rings (SSSR count). The number of amides is 1. The van der Waals surface area contributed by atoms with Crippen LogP contribution in [-0.2, 0) is 0 Å². The monoisotopic (exact) mass is 407 g/mol. The quantitative estimate of drug-likeness (QED) is 0.638. The van der Waals surface area contributed by atoms with Gasteiger partial charge in [-0.2, -0.15) is 0 Å². The van der Waals surface area contributed by atoms with Gasteiger partial charge in [0.15, 0.2) is 0 Å². The van der Waals surface area contributed by atoms with Crippen LogP contribution in [0, 0.1) is 0 Å². The van der Waals surface area contributed by atoms with E-state index < -0.39 is 0 Å². The van der Waals surface area contributed by atoms with Gasteiger partial charge in [-0.3, -0.25) is 4.79 Å². The zero-order valence-electron chi connectivity index (χ0n) is 10.5. The van der Waals surface area contributed by atoms with Gasteiger partial charge in [-0.25, -0.2) is 0 Å². The van der Waals surface area contributed by atoms with Gasteiger partial charge in [0.1, 0.15) is 0 Å². The van der Waals surface area contributed by atoms with Gasteiger partial charge in [0.25, 0.3) is 5.91 Å². The predicted octanol–water partition coefficient (Wildman–Crippen LogP) is 4.84. The fraction of sp³-hybridized carbons (Fsp3) is 0.500. The molecule has 0 radical (unpaired) electrons. The Morgan fingerprint density at radius 2 is 2.11 bits per heavy atom. The van der Waals surface area contributed by atoms with Crippen LogP contribution >= 0.6 is 43.5 Å². The molecule has 1 saturated carbocycles. The Labute approximate surface area is 135 Å². The summed E-state index contributed by atoms with van der Waals surface area (Å²) in [5.74, 6) is 0.701. The molecule has 0 unspecified atom stereocenters. The fourth-order valence-corrected chi connectivity index (χ4v) is 3.53. The maximum absolute atomic E-state index is 12.7. The summed E-state index contributed by atoms with van der Waals surface area (Å²) in [6.07, 6.45) is 4.29. The number of carbonyl (C=O) groups excluding carboxylic acids is 1. The van der Waals surface area contributed by atoms with Crippen molar-refractivity contribution < 1.29 is 4.79 Å². The van der Waals surface area contributed by atoms with E-state index in [-0.39, 0.29) is 5.91 Å². The van der Waals surface area contributed by atoms with Gasteiger partial charge < -0.3 is 4.90 Å². The van der Waals surface area contributed by atoms with Gasteiger partial charge in [-0.15, -0.1) is 11.6 Å². The molecule has 1 fully saturated rings. The van der Waals surface area contributed by atoms with Crippen LogP contribution in [-0.4, -0.2) is 29.3 Å². The first kappa shape index (κ1) is 15.3. The topological polar surface area (TPSA) is 20.3 Å². The minimum absolute atomic E-state index is 0.106. The van der Waals surface area contributed by atoms with Crippen LogP contribution in [0.1, 0.15) is 36.0 Å². The first-order chi connectivity index (χ1) is 9.13. The van der Waals surface area contributed by atoms with Crippen LogP contribution in [0.4, 0.5) is 0 Å². The Bertz CT molecular complexity index is 463. The van der Waals surface area contributed by atoms with Crippen molar-refractivity contribution in [3.05, 3.63) is 32.7 Å². The lowest BCUT2D eigenvalue weighted by Gasteiger charge is -2.37. The number of alkyl halides is 1. The van der Waals surface area contributed by atoms with Gasteiger partial charge in [0.05, 0.1) is 5.56 Å². The van der Waals surface area contributed by atoms with E-state index in [2.05, 4.69) is 31.9 Å². The van der Waals surface area contributed by atoms with Crippen LogP contribution in [0.5, 0.6) is 0 Å². The summed E-state index contributed by atoms with van der Waals surface area (Å²) in [5.41, 5.74) is 0.727. The second-order valence-electron chi connectivity index (χ2n) is 4.75. The predicted molar refractivity (Wildman–Crippen MR) is 85.9 cm³/mol. The summed E-state index contributed by atoms with van der Waals surface area (Å²) in [6.45, 7) is 0.746. The third-order valence-electron chi connectivity index (χ3n) is 3.47. The number of hydrogen-bond acceptors (Lipinski definition) is 1. The molecule has 1 aliphatic rings. The Hall–Kier alpha value is -0.0600. The minimum atomic E-state index is 0.106. The molecule has 0 saturated heterocycles. The van der Waals surface area contributed by atoms with Crippen molar-refractivity contribution in [3.8, 4) is 0 Å². The molecular formula is C14H16Br2ClNO. The van der Waals surface area contributed by atoms with E-state index in [4.69, 9.17) is 11.6 Å². The summed E-state index contributed by atoms with van der Waals surface area (Å²) < 4.78 is 1.80. The van der Waals surface area contributed by atoms with Crippen LogP contribution in [0.3, 0.4) is 0 Å². The SMILES string of the molecule is O=C(c1ccc(Br)cc1Br)N(CCCCl)C1CCC1. The molecule has 1 aromatic rings. The van der Waals surface area contributed by atoms with Crippen molar-refractivity contribution in [3.63, 3.8) is 0 Å². The molecule has 1 amide bonds. The normalized spacial score (nSPS) is 15.1. The summed E-state index contributed by atoms with van der Waals surface area (Å²) in [7, 11) is 0. The molecule has 1 aromatic carbocycles. The molecular weight excluding hydrogens is 393 g/mol. The minimum Gasteiger partial charge on any atom is -0.336 e. The average molecular weight is 410 g/mol. The van der Waals surface area contributed by atoms with Crippen molar-refractivity contribution in [2.24, 2.45) is 0 Å². The largest absolute Gasteiger partial charge is 0.336 e. The molecule has 0 heterocycles. The molecule has 0 N–H and O–H groups in total. The van der Waals surface area contributed by atoms with E-state index >= 15 is 0 Å². The van der Waals surface area contributed by atoms with Gasteiger partial charge in [0, 0.05) is 27.4 Å². The first-order valence-electron chi connectivity index (χ1n) is 6.45. The molecule has 0 aromatic heterocycles. The lowest BCUT2D eigenvalue weighted by atomic mass is 9.91. The third kappa shape index (κ3) is 3.73. The van der Waals surface area contributed by atoms with Gasteiger partial charge in [-0.05, 0) is 59.8 Å². The van der Waals surface area contributed by atoms with Gasteiger partial charge in [0.2, 0.25) is 0 Å². The van der Waals surface area contributed by atoms with Crippen molar-refractivity contribution >= 4 is 49.4 Å². The number of carbonyl (C=O) groups is 1. The maximum atomic E-state index is 12.7. The molecule has 0 bridgehead atoms. The second-order valence-corrected chi connectivity index (χ2v) is 6.90. The number of rotatable bonds is 5. The Kier molecular flexibility index (Phi) is 5.72. The number of nitrogens with zero attached hydrogens (tertiary/aromatic N) is 1. The van der Waals surface area contributed by atoms with E-state index in [1.54, 1.807) is 0 Å². The Morgan fingerprint density at radius 3 is 2.63 bits per heavy atom. The van der Waals surface area contributed by atoms with Crippen LogP contribution in [0.2, 0.25) is 0 Å². The van der Waals surface area contributed by atoms with E-state index in [1.807, 2.05) is 23.1 Å². The highest BCUT2D eigenvalue weighted by atomic mass is 79.9.